The minimum absolute atomic E-state index is 0.222. The number of rotatable bonds is 3. The van der Waals surface area contributed by atoms with Gasteiger partial charge in [-0.05, 0) is 44.0 Å². The van der Waals surface area contributed by atoms with Gasteiger partial charge in [0.05, 0.1) is 0 Å². The molecule has 0 unspecified atom stereocenters. The Kier molecular flexibility index (Phi) is 3.34. The fourth-order valence-corrected chi connectivity index (χ4v) is 2.17. The summed E-state index contributed by atoms with van der Waals surface area (Å²) in [6.07, 6.45) is 6.96. The fourth-order valence-electron chi connectivity index (χ4n) is 2.17. The minimum Gasteiger partial charge on any atom is -0.381 e. The van der Waals surface area contributed by atoms with E-state index in [2.05, 4.69) is 22.4 Å². The first-order valence-corrected chi connectivity index (χ1v) is 5.50. The molecule has 0 aromatic carbocycles. The van der Waals surface area contributed by atoms with Gasteiger partial charge in [0.2, 0.25) is 0 Å². The van der Waals surface area contributed by atoms with Crippen molar-refractivity contribution in [2.45, 2.75) is 24.8 Å². The van der Waals surface area contributed by atoms with Crippen molar-refractivity contribution in [3.05, 3.63) is 30.1 Å². The van der Waals surface area contributed by atoms with Gasteiger partial charge in [-0.3, -0.25) is 4.98 Å². The van der Waals surface area contributed by atoms with Crippen LogP contribution >= 0.6 is 0 Å². The Morgan fingerprint density at radius 2 is 2.00 bits per heavy atom. The second kappa shape index (κ2) is 4.73. The summed E-state index contributed by atoms with van der Waals surface area (Å²) < 4.78 is 5.41. The molecule has 82 valence electrons. The zero-order chi connectivity index (χ0) is 10.6. The van der Waals surface area contributed by atoms with Crippen LogP contribution in [-0.2, 0) is 11.2 Å². The van der Waals surface area contributed by atoms with E-state index in [9.17, 15) is 0 Å². The molecule has 0 aliphatic carbocycles. The molecule has 2 rings (SSSR count). The standard InChI is InChI=1S/C12H18N2O/c1-13-12(4-8-15-9-5-12)10-11-2-6-14-7-3-11/h2-3,6-7,13H,4-5,8-10H2,1H3. The molecule has 1 saturated heterocycles. The lowest BCUT2D eigenvalue weighted by molar-refractivity contribution is 0.0413. The molecule has 1 N–H and O–H groups in total. The van der Waals surface area contributed by atoms with Crippen LogP contribution in [0.15, 0.2) is 24.5 Å². The van der Waals surface area contributed by atoms with Gasteiger partial charge in [0, 0.05) is 31.1 Å². The van der Waals surface area contributed by atoms with Gasteiger partial charge in [-0.15, -0.1) is 0 Å². The summed E-state index contributed by atoms with van der Waals surface area (Å²) in [5.74, 6) is 0. The van der Waals surface area contributed by atoms with E-state index in [1.54, 1.807) is 0 Å². The highest BCUT2D eigenvalue weighted by molar-refractivity contribution is 5.14. The van der Waals surface area contributed by atoms with Crippen molar-refractivity contribution >= 4 is 0 Å². The predicted octanol–water partition coefficient (Wildman–Crippen LogP) is 1.39. The van der Waals surface area contributed by atoms with E-state index in [-0.39, 0.29) is 5.54 Å². The Bertz CT molecular complexity index is 294. The molecule has 15 heavy (non-hydrogen) atoms. The molecule has 0 bridgehead atoms. The van der Waals surface area contributed by atoms with Crippen LogP contribution in [0.3, 0.4) is 0 Å². The summed E-state index contributed by atoms with van der Waals surface area (Å²) in [5.41, 5.74) is 1.57. The summed E-state index contributed by atoms with van der Waals surface area (Å²) in [6, 6.07) is 4.18. The number of likely N-dealkylation sites (N-methyl/N-ethyl adjacent to an activating group) is 1. The number of aromatic nitrogens is 1. The van der Waals surface area contributed by atoms with E-state index in [1.165, 1.54) is 5.56 Å². The number of pyridine rings is 1. The summed E-state index contributed by atoms with van der Waals surface area (Å²) in [5, 5.41) is 3.47. The highest BCUT2D eigenvalue weighted by Crippen LogP contribution is 2.24. The van der Waals surface area contributed by atoms with E-state index < -0.39 is 0 Å². The maximum absolute atomic E-state index is 5.41. The third-order valence-corrected chi connectivity index (χ3v) is 3.27. The average molecular weight is 206 g/mol. The Balaban J connectivity index is 2.07. The third kappa shape index (κ3) is 2.55. The first kappa shape index (κ1) is 10.6. The van der Waals surface area contributed by atoms with Gasteiger partial charge in [0.15, 0.2) is 0 Å². The summed E-state index contributed by atoms with van der Waals surface area (Å²) in [7, 11) is 2.05. The number of hydrogen-bond donors (Lipinski definition) is 1. The van der Waals surface area contributed by atoms with Crippen LogP contribution in [-0.4, -0.2) is 30.8 Å². The van der Waals surface area contributed by atoms with Crippen LogP contribution in [0, 0.1) is 0 Å². The maximum Gasteiger partial charge on any atom is 0.0483 e. The highest BCUT2D eigenvalue weighted by Gasteiger charge is 2.30. The van der Waals surface area contributed by atoms with Gasteiger partial charge in [0.1, 0.15) is 0 Å². The van der Waals surface area contributed by atoms with Crippen molar-refractivity contribution in [3.63, 3.8) is 0 Å². The van der Waals surface area contributed by atoms with Crippen molar-refractivity contribution in [1.29, 1.82) is 0 Å². The summed E-state index contributed by atoms with van der Waals surface area (Å²) >= 11 is 0. The Morgan fingerprint density at radius 3 is 2.60 bits per heavy atom. The van der Waals surface area contributed by atoms with Crippen LogP contribution in [0.1, 0.15) is 18.4 Å². The van der Waals surface area contributed by atoms with Gasteiger partial charge < -0.3 is 10.1 Å². The zero-order valence-corrected chi connectivity index (χ0v) is 9.20. The predicted molar refractivity (Wildman–Crippen MR) is 59.8 cm³/mol. The van der Waals surface area contributed by atoms with E-state index in [4.69, 9.17) is 4.74 Å². The number of nitrogens with one attached hydrogen (secondary N) is 1. The molecule has 3 nitrogen and oxygen atoms in total. The Hall–Kier alpha value is -0.930. The smallest absolute Gasteiger partial charge is 0.0483 e. The van der Waals surface area contributed by atoms with Gasteiger partial charge >= 0.3 is 0 Å². The van der Waals surface area contributed by atoms with Crippen molar-refractivity contribution in [1.82, 2.24) is 10.3 Å². The van der Waals surface area contributed by atoms with Crippen molar-refractivity contribution in [2.75, 3.05) is 20.3 Å². The van der Waals surface area contributed by atoms with E-state index >= 15 is 0 Å². The quantitative estimate of drug-likeness (QED) is 0.811. The lowest BCUT2D eigenvalue weighted by atomic mass is 9.84. The number of ether oxygens (including phenoxy) is 1. The van der Waals surface area contributed by atoms with Crippen LogP contribution in [0.5, 0.6) is 0 Å². The molecule has 0 spiro atoms. The molecule has 1 fully saturated rings. The molecule has 0 atom stereocenters. The Morgan fingerprint density at radius 1 is 1.33 bits per heavy atom. The van der Waals surface area contributed by atoms with Crippen molar-refractivity contribution < 1.29 is 4.74 Å². The highest BCUT2D eigenvalue weighted by atomic mass is 16.5. The van der Waals surface area contributed by atoms with Crippen molar-refractivity contribution in [3.8, 4) is 0 Å². The molecule has 3 heteroatoms. The zero-order valence-electron chi connectivity index (χ0n) is 9.20. The maximum atomic E-state index is 5.41. The van der Waals surface area contributed by atoms with Gasteiger partial charge in [0.25, 0.3) is 0 Å². The number of nitrogens with zero attached hydrogens (tertiary/aromatic N) is 1. The largest absolute Gasteiger partial charge is 0.381 e. The molecular weight excluding hydrogens is 188 g/mol. The van der Waals surface area contributed by atoms with Gasteiger partial charge in [-0.1, -0.05) is 0 Å². The summed E-state index contributed by atoms with van der Waals surface area (Å²) in [4.78, 5) is 4.04. The van der Waals surface area contributed by atoms with Crippen LogP contribution in [0.4, 0.5) is 0 Å². The van der Waals surface area contributed by atoms with Gasteiger partial charge in [-0.25, -0.2) is 0 Å². The van der Waals surface area contributed by atoms with Crippen LogP contribution < -0.4 is 5.32 Å². The van der Waals surface area contributed by atoms with Crippen LogP contribution in [0.2, 0.25) is 0 Å². The molecular formula is C12H18N2O. The minimum atomic E-state index is 0.222. The summed E-state index contributed by atoms with van der Waals surface area (Å²) in [6.45, 7) is 1.73. The first-order chi connectivity index (χ1) is 7.35. The van der Waals surface area contributed by atoms with Crippen molar-refractivity contribution in [2.24, 2.45) is 0 Å². The van der Waals surface area contributed by atoms with Gasteiger partial charge in [-0.2, -0.15) is 0 Å². The molecule has 0 amide bonds. The van der Waals surface area contributed by atoms with Crippen LogP contribution in [0.25, 0.3) is 0 Å². The monoisotopic (exact) mass is 206 g/mol. The fraction of sp³-hybridized carbons (Fsp3) is 0.583. The second-order valence-corrected chi connectivity index (χ2v) is 4.17. The lowest BCUT2D eigenvalue weighted by Gasteiger charge is -2.37. The SMILES string of the molecule is CNC1(Cc2ccncc2)CCOCC1. The number of hydrogen-bond acceptors (Lipinski definition) is 3. The molecule has 1 aromatic rings. The first-order valence-electron chi connectivity index (χ1n) is 5.50. The topological polar surface area (TPSA) is 34.2 Å². The lowest BCUT2D eigenvalue weighted by Crippen LogP contribution is -2.49. The normalized spacial score (nSPS) is 20.1. The molecule has 1 aliphatic heterocycles. The molecule has 0 saturated carbocycles. The van der Waals surface area contributed by atoms with E-state index in [1.807, 2.05) is 19.4 Å². The van der Waals surface area contributed by atoms with E-state index in [0.717, 1.165) is 32.5 Å². The molecule has 0 radical (unpaired) electrons. The molecule has 2 heterocycles. The average Bonchev–Trinajstić information content (AvgIpc) is 2.32. The molecule has 1 aromatic heterocycles. The third-order valence-electron chi connectivity index (χ3n) is 3.27. The molecule has 1 aliphatic rings. The van der Waals surface area contributed by atoms with E-state index in [0.29, 0.717) is 0 Å². The second-order valence-electron chi connectivity index (χ2n) is 4.17. The Labute approximate surface area is 90.9 Å².